The highest BCUT2D eigenvalue weighted by Crippen LogP contribution is 2.23. The Labute approximate surface area is 120 Å². The quantitative estimate of drug-likeness (QED) is 0.875. The molecule has 0 aromatic heterocycles. The molecule has 1 saturated heterocycles. The number of halogens is 1. The zero-order valence-corrected chi connectivity index (χ0v) is 11.2. The van der Waals surface area contributed by atoms with Crippen LogP contribution < -0.4 is 5.32 Å². The Morgan fingerprint density at radius 1 is 1.50 bits per heavy atom. The molecular weight excluding hydrogens is 282 g/mol. The molecule has 0 spiro atoms. The van der Waals surface area contributed by atoms with Gasteiger partial charge in [-0.1, -0.05) is 11.6 Å². The van der Waals surface area contributed by atoms with Crippen molar-refractivity contribution < 1.29 is 14.7 Å². The van der Waals surface area contributed by atoms with Gasteiger partial charge in [-0.2, -0.15) is 5.26 Å². The van der Waals surface area contributed by atoms with Crippen molar-refractivity contribution in [3.05, 3.63) is 28.8 Å². The molecule has 2 amide bonds. The van der Waals surface area contributed by atoms with Gasteiger partial charge in [-0.3, -0.25) is 0 Å². The van der Waals surface area contributed by atoms with Gasteiger partial charge in [0.1, 0.15) is 12.1 Å². The number of aliphatic carboxylic acids is 1. The fourth-order valence-corrected chi connectivity index (χ4v) is 2.34. The van der Waals surface area contributed by atoms with Gasteiger partial charge < -0.3 is 15.3 Å². The predicted molar refractivity (Wildman–Crippen MR) is 72.5 cm³/mol. The van der Waals surface area contributed by atoms with Crippen molar-refractivity contribution in [3.8, 4) is 6.07 Å². The van der Waals surface area contributed by atoms with Crippen molar-refractivity contribution >= 4 is 29.3 Å². The third-order valence-electron chi connectivity index (χ3n) is 3.14. The summed E-state index contributed by atoms with van der Waals surface area (Å²) in [6.07, 6.45) is 1.08. The maximum absolute atomic E-state index is 12.1. The number of amides is 2. The first-order valence-electron chi connectivity index (χ1n) is 6.03. The van der Waals surface area contributed by atoms with Crippen molar-refractivity contribution in [2.75, 3.05) is 11.9 Å². The van der Waals surface area contributed by atoms with Crippen LogP contribution in [-0.2, 0) is 4.79 Å². The Hall–Kier alpha value is -2.26. The molecule has 0 aliphatic carbocycles. The third-order valence-corrected chi connectivity index (χ3v) is 3.38. The number of anilines is 1. The first-order chi connectivity index (χ1) is 9.52. The molecule has 7 heteroatoms. The minimum Gasteiger partial charge on any atom is -0.480 e. The first-order valence-corrected chi connectivity index (χ1v) is 6.41. The van der Waals surface area contributed by atoms with E-state index in [1.165, 1.54) is 17.0 Å². The lowest BCUT2D eigenvalue weighted by molar-refractivity contribution is -0.141. The van der Waals surface area contributed by atoms with Crippen molar-refractivity contribution in [2.24, 2.45) is 0 Å². The van der Waals surface area contributed by atoms with Crippen molar-refractivity contribution in [3.63, 3.8) is 0 Å². The lowest BCUT2D eigenvalue weighted by Gasteiger charge is -2.22. The van der Waals surface area contributed by atoms with Gasteiger partial charge in [-0.15, -0.1) is 0 Å². The van der Waals surface area contributed by atoms with Crippen LogP contribution in [0.25, 0.3) is 0 Å². The maximum Gasteiger partial charge on any atom is 0.326 e. The van der Waals surface area contributed by atoms with Crippen molar-refractivity contribution in [1.29, 1.82) is 5.26 Å². The molecule has 2 rings (SSSR count). The largest absolute Gasteiger partial charge is 0.480 e. The van der Waals surface area contributed by atoms with Crippen LogP contribution in [0.3, 0.4) is 0 Å². The van der Waals surface area contributed by atoms with Crippen LogP contribution in [-0.4, -0.2) is 34.6 Å². The Morgan fingerprint density at radius 2 is 2.25 bits per heavy atom. The molecule has 20 heavy (non-hydrogen) atoms. The summed E-state index contributed by atoms with van der Waals surface area (Å²) < 4.78 is 0. The molecule has 2 N–H and O–H groups in total. The SMILES string of the molecule is N#Cc1ccc(Cl)cc1NC(=O)N1CCC[C@@H]1C(=O)O. The molecule has 0 unspecified atom stereocenters. The number of carboxylic acid groups (broad SMARTS) is 1. The lowest BCUT2D eigenvalue weighted by atomic mass is 10.2. The number of carbonyl (C=O) groups is 2. The summed E-state index contributed by atoms with van der Waals surface area (Å²) in [7, 11) is 0. The first kappa shape index (κ1) is 14.2. The van der Waals surface area contributed by atoms with Crippen molar-refractivity contribution in [2.45, 2.75) is 18.9 Å². The number of nitrogens with one attached hydrogen (secondary N) is 1. The number of nitrogens with zero attached hydrogens (tertiary/aromatic N) is 2. The van der Waals surface area contributed by atoms with E-state index >= 15 is 0 Å². The second kappa shape index (κ2) is 5.80. The Morgan fingerprint density at radius 3 is 2.90 bits per heavy atom. The summed E-state index contributed by atoms with van der Waals surface area (Å²) in [6.45, 7) is 0.380. The number of nitriles is 1. The molecule has 1 aromatic rings. The molecule has 1 aromatic carbocycles. The Bertz CT molecular complexity index is 597. The molecule has 6 nitrogen and oxygen atoms in total. The molecule has 1 heterocycles. The standard InChI is InChI=1S/C13H12ClN3O3/c14-9-4-3-8(7-15)10(6-9)16-13(20)17-5-1-2-11(17)12(18)19/h3-4,6,11H,1-2,5H2,(H,16,20)(H,18,19)/t11-/m1/s1. The minimum atomic E-state index is -1.02. The van der Waals surface area contributed by atoms with Gasteiger partial charge in [0.05, 0.1) is 11.3 Å². The van der Waals surface area contributed by atoms with Crippen LogP contribution in [0, 0.1) is 11.3 Å². The van der Waals surface area contributed by atoms with Crippen LogP contribution in [0.4, 0.5) is 10.5 Å². The van der Waals surface area contributed by atoms with Crippen LogP contribution in [0.2, 0.25) is 5.02 Å². The highest BCUT2D eigenvalue weighted by Gasteiger charge is 2.34. The van der Waals surface area contributed by atoms with Crippen LogP contribution in [0.5, 0.6) is 0 Å². The highest BCUT2D eigenvalue weighted by atomic mass is 35.5. The van der Waals surface area contributed by atoms with Gasteiger partial charge in [-0.05, 0) is 31.0 Å². The fourth-order valence-electron chi connectivity index (χ4n) is 2.17. The number of carboxylic acids is 1. The minimum absolute atomic E-state index is 0.272. The van der Waals surface area contributed by atoms with Gasteiger partial charge in [-0.25, -0.2) is 9.59 Å². The molecule has 104 valence electrons. The Balaban J connectivity index is 2.18. The third kappa shape index (κ3) is 2.83. The zero-order valence-electron chi connectivity index (χ0n) is 10.5. The molecule has 1 fully saturated rings. The van der Waals surface area contributed by atoms with E-state index in [1.807, 2.05) is 6.07 Å². The molecule has 0 saturated carbocycles. The van der Waals surface area contributed by atoms with E-state index in [4.69, 9.17) is 22.0 Å². The monoisotopic (exact) mass is 293 g/mol. The van der Waals surface area contributed by atoms with Crippen LogP contribution in [0.1, 0.15) is 18.4 Å². The molecule has 1 atom stereocenters. The van der Waals surface area contributed by atoms with E-state index < -0.39 is 18.0 Å². The van der Waals surface area contributed by atoms with E-state index in [1.54, 1.807) is 6.07 Å². The normalized spacial score (nSPS) is 17.6. The number of rotatable bonds is 2. The van der Waals surface area contributed by atoms with E-state index in [9.17, 15) is 9.59 Å². The van der Waals surface area contributed by atoms with E-state index in [-0.39, 0.29) is 11.3 Å². The number of likely N-dealkylation sites (tertiary alicyclic amines) is 1. The second-order valence-corrected chi connectivity index (χ2v) is 4.86. The number of hydrogen-bond acceptors (Lipinski definition) is 3. The van der Waals surface area contributed by atoms with Gasteiger partial charge in [0, 0.05) is 11.6 Å². The predicted octanol–water partition coefficient (Wildman–Crippen LogP) is 2.29. The average molecular weight is 294 g/mol. The number of carbonyl (C=O) groups excluding carboxylic acids is 1. The zero-order chi connectivity index (χ0) is 14.7. The summed E-state index contributed by atoms with van der Waals surface area (Å²) in [4.78, 5) is 24.4. The summed E-state index contributed by atoms with van der Waals surface area (Å²) >= 11 is 5.83. The second-order valence-electron chi connectivity index (χ2n) is 4.42. The summed E-state index contributed by atoms with van der Waals surface area (Å²) in [5, 5.41) is 21.0. The maximum atomic E-state index is 12.1. The van der Waals surface area contributed by atoms with Crippen LogP contribution >= 0.6 is 11.6 Å². The molecule has 0 radical (unpaired) electrons. The van der Waals surface area contributed by atoms with E-state index in [0.29, 0.717) is 24.4 Å². The van der Waals surface area contributed by atoms with Crippen LogP contribution in [0.15, 0.2) is 18.2 Å². The lowest BCUT2D eigenvalue weighted by Crippen LogP contribution is -2.42. The van der Waals surface area contributed by atoms with E-state index in [2.05, 4.69) is 5.32 Å². The van der Waals surface area contributed by atoms with Gasteiger partial charge >= 0.3 is 12.0 Å². The fraction of sp³-hybridized carbons (Fsp3) is 0.308. The molecular formula is C13H12ClN3O3. The highest BCUT2D eigenvalue weighted by molar-refractivity contribution is 6.31. The molecule has 0 bridgehead atoms. The summed E-state index contributed by atoms with van der Waals surface area (Å²) in [5.41, 5.74) is 0.551. The van der Waals surface area contributed by atoms with Gasteiger partial charge in [0.2, 0.25) is 0 Å². The summed E-state index contributed by atoms with van der Waals surface area (Å²) in [6, 6.07) is 5.10. The number of benzene rings is 1. The smallest absolute Gasteiger partial charge is 0.326 e. The molecule has 1 aliphatic heterocycles. The number of hydrogen-bond donors (Lipinski definition) is 2. The molecule has 1 aliphatic rings. The van der Waals surface area contributed by atoms with Gasteiger partial charge in [0.15, 0.2) is 0 Å². The topological polar surface area (TPSA) is 93.4 Å². The Kier molecular flexibility index (Phi) is 4.11. The van der Waals surface area contributed by atoms with Crippen molar-refractivity contribution in [1.82, 2.24) is 4.90 Å². The van der Waals surface area contributed by atoms with Gasteiger partial charge in [0.25, 0.3) is 0 Å². The average Bonchev–Trinajstić information content (AvgIpc) is 2.88. The summed E-state index contributed by atoms with van der Waals surface area (Å²) in [5.74, 6) is -1.02. The number of urea groups is 1. The van der Waals surface area contributed by atoms with E-state index in [0.717, 1.165) is 0 Å².